The molecule has 0 saturated carbocycles. The molecule has 0 rings (SSSR count). The van der Waals surface area contributed by atoms with Crippen LogP contribution >= 0.6 is 15.6 Å². The van der Waals surface area contributed by atoms with Gasteiger partial charge in [-0.3, -0.25) is 0 Å². The van der Waals surface area contributed by atoms with E-state index in [4.69, 9.17) is 283 Å². The van der Waals surface area contributed by atoms with Crippen LogP contribution in [0.25, 0.3) is 0 Å². The maximum absolute atomic E-state index is 8.88. The minimum absolute atomic E-state index is 4.28. The molecule has 0 aromatic rings. The first-order chi connectivity index (χ1) is 45.6. The fraction of sp³-hybridized carbons (Fsp3) is 0. The van der Waals surface area contributed by atoms with Gasteiger partial charge in [-0.1, -0.05) is 0 Å². The monoisotopic (exact) mass is 5760 g/mol. The Morgan fingerprint density at radius 1 is 0.0849 bits per heavy atom. The van der Waals surface area contributed by atoms with Crippen molar-refractivity contribution in [2.75, 3.05) is 0 Å². The molecule has 0 aliphatic carbocycles. The number of phosphoric acid groups is 2. The number of hydrogen-bond acceptors (Lipinski definition) is 74. The van der Waals surface area contributed by atoms with Crippen molar-refractivity contribution in [1.82, 2.24) is 0 Å². The van der Waals surface area contributed by atoms with E-state index in [2.05, 4.69) is 0 Å². The summed E-state index contributed by atoms with van der Waals surface area (Å²) in [7, 11) is -9.28. The molecule has 0 atom stereocenters. The molecule has 106 heavy (non-hydrogen) atoms. The van der Waals surface area contributed by atoms with E-state index in [0.29, 0.717) is 0 Å². The molecule has 106 heteroatoms. The fourth-order valence-corrected chi connectivity index (χ4v) is 0. The van der Waals surface area contributed by atoms with Gasteiger partial charge in [0.25, 0.3) is 0 Å². The van der Waals surface area contributed by atoms with Gasteiger partial charge in [0, 0.05) is 0 Å². The summed E-state index contributed by atoms with van der Waals surface area (Å²) in [6, 6.07) is 0. The summed E-state index contributed by atoms with van der Waals surface area (Å²) >= 11 is -103. The van der Waals surface area contributed by atoms with E-state index in [-0.39, 0.29) is 0 Å². The zero-order valence-corrected chi connectivity index (χ0v) is 116. The summed E-state index contributed by atoms with van der Waals surface area (Å²) in [5.41, 5.74) is 0. The quantitative estimate of drug-likeness (QED) is 0.123. The van der Waals surface area contributed by atoms with Crippen molar-refractivity contribution in [1.29, 1.82) is 0 Å². The number of rotatable bonds is 0. The van der Waals surface area contributed by atoms with Crippen LogP contribution < -0.4 is 0 Å². The Bertz CT molecular complexity index is 3750. The molecule has 0 aliphatic heterocycles. The molecule has 0 saturated heterocycles. The zero-order valence-electron chi connectivity index (χ0n) is 43.6. The molecule has 0 amide bonds. The van der Waals surface area contributed by atoms with Gasteiger partial charge >= 0.3 is 673 Å². The van der Waals surface area contributed by atoms with Crippen LogP contribution in [-0.2, 0) is 667 Å². The van der Waals surface area contributed by atoms with Gasteiger partial charge in [0.05, 0.1) is 0 Å². The van der Waals surface area contributed by atoms with Crippen LogP contribution in [0.2, 0.25) is 0 Å². The molecule has 0 aromatic carbocycles. The van der Waals surface area contributed by atoms with Crippen molar-refractivity contribution in [2.24, 2.45) is 0 Å². The molecule has 0 aromatic heterocycles. The summed E-state index contributed by atoms with van der Waals surface area (Å²) < 4.78 is 638. The predicted octanol–water partition coefficient (Wildman–Crippen LogP) is -10.5. The minimum atomic E-state index is -4.64. The van der Waals surface area contributed by atoms with Crippen LogP contribution in [0.4, 0.5) is 0 Å². The first kappa shape index (κ1) is 184. The third-order valence-corrected chi connectivity index (χ3v) is 0. The molecule has 0 bridgehead atoms. The summed E-state index contributed by atoms with van der Waals surface area (Å²) in [5, 5.41) is 0. The van der Waals surface area contributed by atoms with Gasteiger partial charge in [-0.15, -0.1) is 0 Å². The molecule has 0 radical (unpaired) electrons. The molecule has 640 valence electrons. The van der Waals surface area contributed by atoms with Crippen molar-refractivity contribution >= 4 is 15.6 Å². The molecular weight excluding hydrogens is 5750 g/mol. The molecule has 0 fully saturated rings. The van der Waals surface area contributed by atoms with Crippen LogP contribution in [0, 0.1) is 0 Å². The summed E-state index contributed by atoms with van der Waals surface area (Å²) in [6.07, 6.45) is 0. The van der Waals surface area contributed by atoms with Gasteiger partial charge < -0.3 is 29.4 Å². The van der Waals surface area contributed by atoms with Crippen LogP contribution in [0.3, 0.4) is 0 Å². The summed E-state index contributed by atoms with van der Waals surface area (Å²) in [4.78, 5) is 43.1. The topological polar surface area (TPSA) is 1380 Å². The SMILES string of the molecule is O=P(O)(O)O.O=P(O)(O)O.[O]=[W](=[O])=[O].[O]=[W](=[O])=[O].[O]=[W](=[O])=[O].[O]=[W](=[O])=[O].[O]=[W](=[O])=[O].[O]=[W](=[O])=[O].[O]=[W](=[O])=[O].[O]=[W](=[O])=[O].[O]=[W](=[O])=[O].[O]=[W](=[O])=[O].[O]=[W](=[O])=[O].[O]=[W](=[O])=[O].[O]=[W](=[O])=[O].[O]=[W](=[O])=[O].[O]=[W](=[O])=[O].[O]=[W](=[O])=[O].[O]=[W](=[O])=[O].[O]=[W](=[O])=[O].[O]=[W](=[O])=[O].[O]=[W](=[O])=[O].[O]=[W](=[O])=[O].[O]=[W](=[O])=[O].[O]=[W](=[O])=[O].[O]=[W](=[O])=[O]. The van der Waals surface area contributed by atoms with E-state index in [9.17, 15) is 0 Å². The van der Waals surface area contributed by atoms with Crippen LogP contribution in [-0.4, -0.2) is 29.4 Å². The molecule has 80 nitrogen and oxygen atoms in total. The van der Waals surface area contributed by atoms with Crippen LogP contribution in [0.1, 0.15) is 0 Å². The van der Waals surface area contributed by atoms with Crippen LogP contribution in [0.15, 0.2) is 0 Å². The van der Waals surface area contributed by atoms with E-state index in [1.807, 2.05) is 0 Å². The van der Waals surface area contributed by atoms with E-state index in [0.717, 1.165) is 0 Å². The Kier molecular flexibility index (Phi) is 283. The molecular formula is H6O80P2W24. The van der Waals surface area contributed by atoms with Crippen LogP contribution in [0.5, 0.6) is 0 Å². The Labute approximate surface area is 697 Å². The van der Waals surface area contributed by atoms with Gasteiger partial charge in [-0.05, 0) is 0 Å². The molecule has 0 aliphatic rings. The van der Waals surface area contributed by atoms with Crippen molar-refractivity contribution in [3.63, 3.8) is 0 Å². The summed E-state index contributed by atoms with van der Waals surface area (Å²) in [5.74, 6) is 0. The molecule has 6 N–H and O–H groups in total. The van der Waals surface area contributed by atoms with Gasteiger partial charge in [0.2, 0.25) is 0 Å². The first-order valence-corrected chi connectivity index (χ1v) is 103. The van der Waals surface area contributed by atoms with E-state index >= 15 is 0 Å². The van der Waals surface area contributed by atoms with Gasteiger partial charge in [-0.25, -0.2) is 9.13 Å². The Morgan fingerprint density at radius 3 is 0.0849 bits per heavy atom. The van der Waals surface area contributed by atoms with Gasteiger partial charge in [0.1, 0.15) is 0 Å². The Hall–Kier alpha value is 2.34. The third-order valence-electron chi connectivity index (χ3n) is 0. The fourth-order valence-electron chi connectivity index (χ4n) is 0. The zero-order chi connectivity index (χ0) is 94.9. The van der Waals surface area contributed by atoms with Crippen molar-refractivity contribution in [2.45, 2.75) is 0 Å². The average molecular weight is 5760 g/mol. The predicted molar refractivity (Wildman–Crippen MR) is 78.0 cm³/mol. The second-order valence-corrected chi connectivity index (χ2v) is 43.2. The molecule has 0 spiro atoms. The van der Waals surface area contributed by atoms with E-state index < -0.39 is 428 Å². The number of hydrogen-bond donors (Lipinski definition) is 6. The Morgan fingerprint density at radius 2 is 0.0849 bits per heavy atom. The van der Waals surface area contributed by atoms with E-state index in [1.54, 1.807) is 0 Å². The van der Waals surface area contributed by atoms with Crippen molar-refractivity contribution in [3.05, 3.63) is 0 Å². The molecule has 0 heterocycles. The van der Waals surface area contributed by atoms with Crippen molar-refractivity contribution in [3.8, 4) is 0 Å². The molecule has 0 unspecified atom stereocenters. The van der Waals surface area contributed by atoms with Gasteiger partial charge in [0.15, 0.2) is 0 Å². The normalized spacial score (nSPS) is 6.55. The standard InChI is InChI=1S/2H3O4P.72O.24W/c2*1-5(2,3)4;;;;;;;;;;;;;;;;;;;;;;;;;;;;;;;;;;;;;;;;;;;;;;;;;;;;;;;;;;;;;;;;;;;;;;;;;;;;;;;;;;;;;;;;;;;;;;;;/h2*(H3,1,2,3,4);;;;;;;;;;;;;;;;;;;;;;;;;;;;;;;;;;;;;;;;;;;;;;;;;;;;;;;;;;;;;;;;;;;;;;;;;;;;;;;;;;;;;;;;;;;;;;;;. The third kappa shape index (κ3) is 216000. The summed E-state index contributed by atoms with van der Waals surface area (Å²) in [6.45, 7) is 0. The van der Waals surface area contributed by atoms with Gasteiger partial charge in [-0.2, -0.15) is 0 Å². The maximum atomic E-state index is 8.88. The second kappa shape index (κ2) is 163. The van der Waals surface area contributed by atoms with Crippen molar-refractivity contribution < 1.29 is 696 Å². The van der Waals surface area contributed by atoms with E-state index in [1.165, 1.54) is 0 Å². The first-order valence-electron chi connectivity index (χ1n) is 13.6. The average Bonchev–Trinajstić information content (AvgIpc) is 1.17. The second-order valence-electron chi connectivity index (χ2n) is 5.93. The Balaban J connectivity index is -0.0000000262.